The molecule has 51 heavy (non-hydrogen) atoms. The Labute approximate surface area is 296 Å². The van der Waals surface area contributed by atoms with Gasteiger partial charge in [0.1, 0.15) is 29.0 Å². The zero-order chi connectivity index (χ0) is 35.8. The lowest BCUT2D eigenvalue weighted by atomic mass is 10.2. The van der Waals surface area contributed by atoms with Crippen molar-refractivity contribution in [1.29, 1.82) is 0 Å². The quantitative estimate of drug-likeness (QED) is 0.0750. The smallest absolute Gasteiger partial charge is 0.156 e. The zero-order valence-corrected chi connectivity index (χ0v) is 29.1. The molecule has 0 saturated carbocycles. The van der Waals surface area contributed by atoms with Crippen molar-refractivity contribution in [1.82, 2.24) is 40.3 Å². The fourth-order valence-corrected chi connectivity index (χ4v) is 4.56. The van der Waals surface area contributed by atoms with Crippen LogP contribution in [0.4, 0.5) is 29.1 Å². The van der Waals surface area contributed by atoms with E-state index < -0.39 is 0 Å². The van der Waals surface area contributed by atoms with Crippen LogP contribution in [0.25, 0.3) is 24.3 Å². The van der Waals surface area contributed by atoms with Gasteiger partial charge in [0.2, 0.25) is 0 Å². The Morgan fingerprint density at radius 1 is 0.608 bits per heavy atom. The maximum atomic E-state index is 5.32. The Kier molecular flexibility index (Phi) is 12.8. The summed E-state index contributed by atoms with van der Waals surface area (Å²) in [5.74, 6) is 6.04. The maximum Gasteiger partial charge on any atom is 0.156 e. The van der Waals surface area contributed by atoms with Crippen LogP contribution in [0, 0.1) is 13.8 Å². The second kappa shape index (κ2) is 18.3. The molecule has 4 heterocycles. The van der Waals surface area contributed by atoms with Crippen LogP contribution in [-0.4, -0.2) is 74.8 Å². The molecule has 5 N–H and O–H groups in total. The van der Waals surface area contributed by atoms with E-state index in [2.05, 4.69) is 56.3 Å². The van der Waals surface area contributed by atoms with Gasteiger partial charge in [-0.1, -0.05) is 42.5 Å². The van der Waals surface area contributed by atoms with Crippen LogP contribution in [0.5, 0.6) is 11.5 Å². The van der Waals surface area contributed by atoms with E-state index in [1.807, 2.05) is 111 Å². The number of benzene rings is 2. The van der Waals surface area contributed by atoms with Gasteiger partial charge in [0.25, 0.3) is 0 Å². The fraction of sp³-hybridized carbons (Fsp3) is 0.189. The Morgan fingerprint density at radius 2 is 1.22 bits per heavy atom. The first kappa shape index (κ1) is 35.8. The van der Waals surface area contributed by atoms with E-state index in [1.54, 1.807) is 27.5 Å². The van der Waals surface area contributed by atoms with Gasteiger partial charge in [0.15, 0.2) is 23.3 Å². The van der Waals surface area contributed by atoms with Gasteiger partial charge in [-0.2, -0.15) is 10.2 Å². The molecule has 0 unspecified atom stereocenters. The molecule has 0 fully saturated rings. The second-order valence-electron chi connectivity index (χ2n) is 11.1. The van der Waals surface area contributed by atoms with Gasteiger partial charge in [0, 0.05) is 55.5 Å². The minimum Gasteiger partial charge on any atom is -0.497 e. The summed E-state index contributed by atoms with van der Waals surface area (Å²) in [6, 6.07) is 23.1. The van der Waals surface area contributed by atoms with E-state index in [9.17, 15) is 0 Å². The Hall–Kier alpha value is -6.54. The third-order valence-electron chi connectivity index (χ3n) is 6.98. The van der Waals surface area contributed by atoms with Gasteiger partial charge in [-0.3, -0.25) is 10.2 Å². The van der Waals surface area contributed by atoms with Gasteiger partial charge < -0.3 is 30.2 Å². The van der Waals surface area contributed by atoms with Crippen LogP contribution in [-0.2, 0) is 4.74 Å². The molecule has 262 valence electrons. The standard InChI is InChI=1S/C21H26N6O3.C16H15N5/c1-14-9-21(27-26-14)25-20-13-19(22-7-8-28-2)23-18(24-20)6-5-15-10-16(29-3)12-17(11-15)30-4;1-12-11-16(21-20-12)19-15-9-10-17-14(18-15)8-7-13-5-3-2-4-6-13/h5-6,9-13H,7-8H2,1-4H3,(H3,22,23,24,25,26,27);2-11H,1H3,(H2,17,18,19,20,21)/b6-5+;8-7+. The van der Waals surface area contributed by atoms with Crippen molar-refractivity contribution in [3.63, 3.8) is 0 Å². The molecule has 0 saturated heterocycles. The summed E-state index contributed by atoms with van der Waals surface area (Å²) < 4.78 is 15.7. The second-order valence-corrected chi connectivity index (χ2v) is 11.1. The molecule has 0 radical (unpaired) electrons. The summed E-state index contributed by atoms with van der Waals surface area (Å²) in [4.78, 5) is 17.8. The van der Waals surface area contributed by atoms with Crippen molar-refractivity contribution in [2.24, 2.45) is 0 Å². The Balaban J connectivity index is 0.000000210. The van der Waals surface area contributed by atoms with E-state index in [1.165, 1.54) is 0 Å². The highest BCUT2D eigenvalue weighted by Gasteiger charge is 2.07. The lowest BCUT2D eigenvalue weighted by Gasteiger charge is -2.09. The first-order valence-electron chi connectivity index (χ1n) is 16.1. The lowest BCUT2D eigenvalue weighted by molar-refractivity contribution is 0.210. The maximum absolute atomic E-state index is 5.32. The van der Waals surface area contributed by atoms with Crippen molar-refractivity contribution >= 4 is 53.4 Å². The minimum absolute atomic E-state index is 0.536. The summed E-state index contributed by atoms with van der Waals surface area (Å²) in [7, 11) is 4.90. The van der Waals surface area contributed by atoms with Gasteiger partial charge in [-0.25, -0.2) is 19.9 Å². The molecule has 4 aromatic heterocycles. The molecule has 2 aromatic carbocycles. The van der Waals surface area contributed by atoms with Crippen molar-refractivity contribution in [3.05, 3.63) is 113 Å². The number of aryl methyl sites for hydroxylation is 2. The minimum atomic E-state index is 0.536. The third kappa shape index (κ3) is 11.5. The normalized spacial score (nSPS) is 10.9. The first-order chi connectivity index (χ1) is 24.9. The highest BCUT2D eigenvalue weighted by molar-refractivity contribution is 5.70. The molecular weight excluding hydrogens is 646 g/mol. The number of aromatic amines is 2. The van der Waals surface area contributed by atoms with E-state index >= 15 is 0 Å². The first-order valence-corrected chi connectivity index (χ1v) is 16.1. The van der Waals surface area contributed by atoms with Crippen LogP contribution >= 0.6 is 0 Å². The summed E-state index contributed by atoms with van der Waals surface area (Å²) in [5, 5.41) is 23.7. The van der Waals surface area contributed by atoms with Gasteiger partial charge in [0.05, 0.1) is 20.8 Å². The number of rotatable bonds is 14. The third-order valence-corrected chi connectivity index (χ3v) is 6.98. The van der Waals surface area contributed by atoms with Crippen molar-refractivity contribution in [2.75, 3.05) is 50.4 Å². The lowest BCUT2D eigenvalue weighted by Crippen LogP contribution is -2.10. The van der Waals surface area contributed by atoms with E-state index in [0.29, 0.717) is 59.6 Å². The van der Waals surface area contributed by atoms with Crippen LogP contribution in [0.15, 0.2) is 79.0 Å². The predicted molar refractivity (Wildman–Crippen MR) is 201 cm³/mol. The molecule has 0 atom stereocenters. The van der Waals surface area contributed by atoms with E-state index in [4.69, 9.17) is 14.2 Å². The average Bonchev–Trinajstić information content (AvgIpc) is 3.76. The molecule has 14 heteroatoms. The van der Waals surface area contributed by atoms with E-state index in [-0.39, 0.29) is 0 Å². The fourth-order valence-electron chi connectivity index (χ4n) is 4.56. The molecule has 14 nitrogen and oxygen atoms in total. The van der Waals surface area contributed by atoms with Gasteiger partial charge in [-0.15, -0.1) is 0 Å². The number of methoxy groups -OCH3 is 3. The number of nitrogens with one attached hydrogen (secondary N) is 5. The Morgan fingerprint density at radius 3 is 1.84 bits per heavy atom. The summed E-state index contributed by atoms with van der Waals surface area (Å²) in [6.07, 6.45) is 9.33. The van der Waals surface area contributed by atoms with Gasteiger partial charge in [-0.05, 0) is 55.3 Å². The van der Waals surface area contributed by atoms with Crippen LogP contribution in [0.2, 0.25) is 0 Å². The molecule has 0 amide bonds. The number of anilines is 5. The van der Waals surface area contributed by atoms with Crippen molar-refractivity contribution in [2.45, 2.75) is 13.8 Å². The predicted octanol–water partition coefficient (Wildman–Crippen LogP) is 6.92. The highest BCUT2D eigenvalue weighted by Crippen LogP contribution is 2.24. The van der Waals surface area contributed by atoms with Crippen molar-refractivity contribution in [3.8, 4) is 11.5 Å². The zero-order valence-electron chi connectivity index (χ0n) is 29.1. The molecule has 0 bridgehead atoms. The topological polar surface area (TPSA) is 173 Å². The largest absolute Gasteiger partial charge is 0.497 e. The summed E-state index contributed by atoms with van der Waals surface area (Å²) in [5.41, 5.74) is 3.97. The average molecular weight is 688 g/mol. The molecule has 0 aliphatic rings. The monoisotopic (exact) mass is 687 g/mol. The summed E-state index contributed by atoms with van der Waals surface area (Å²) in [6.45, 7) is 5.09. The SMILES string of the molecule is COCCNc1cc(Nc2cc(C)[nH]n2)nc(/C=C/c2cc(OC)cc(OC)c2)n1.Cc1cc(Nc2ccnc(/C=C/c3ccccc3)n2)n[nH]1. The number of hydrogen-bond donors (Lipinski definition) is 5. The Bertz CT molecular complexity index is 2020. The highest BCUT2D eigenvalue weighted by atomic mass is 16.5. The molecule has 0 aliphatic carbocycles. The molecular formula is C37H41N11O3. The van der Waals surface area contributed by atoms with E-state index in [0.717, 1.165) is 28.3 Å². The van der Waals surface area contributed by atoms with Gasteiger partial charge >= 0.3 is 0 Å². The van der Waals surface area contributed by atoms with Crippen LogP contribution in [0.1, 0.15) is 34.2 Å². The van der Waals surface area contributed by atoms with Crippen LogP contribution in [0.3, 0.4) is 0 Å². The number of H-pyrrole nitrogens is 2. The molecule has 6 aromatic rings. The number of hydrogen-bond acceptors (Lipinski definition) is 12. The van der Waals surface area contributed by atoms with Crippen molar-refractivity contribution < 1.29 is 14.2 Å². The number of ether oxygens (including phenoxy) is 3. The number of nitrogens with zero attached hydrogens (tertiary/aromatic N) is 6. The van der Waals surface area contributed by atoms with Crippen LogP contribution < -0.4 is 25.4 Å². The molecule has 0 spiro atoms. The molecule has 6 rings (SSSR count). The summed E-state index contributed by atoms with van der Waals surface area (Å²) >= 11 is 0. The number of aromatic nitrogens is 8. The molecule has 0 aliphatic heterocycles.